The predicted octanol–water partition coefficient (Wildman–Crippen LogP) is 7.53. The van der Waals surface area contributed by atoms with Gasteiger partial charge in [-0.2, -0.15) is 0 Å². The first kappa shape index (κ1) is 20.1. The van der Waals surface area contributed by atoms with Crippen LogP contribution in [0.25, 0.3) is 32.8 Å². The molecule has 0 N–H and O–H groups in total. The number of hydrogen-bond donors (Lipinski definition) is 0. The zero-order valence-electron chi connectivity index (χ0n) is 19.8. The van der Waals surface area contributed by atoms with E-state index in [0.717, 1.165) is 17.9 Å². The van der Waals surface area contributed by atoms with Gasteiger partial charge >= 0.3 is 0 Å². The normalized spacial score (nSPS) is 12.7. The van der Waals surface area contributed by atoms with Gasteiger partial charge in [0.25, 0.3) is 0 Å². The van der Waals surface area contributed by atoms with Crippen molar-refractivity contribution in [2.75, 3.05) is 0 Å². The van der Waals surface area contributed by atoms with Gasteiger partial charge in [0.15, 0.2) is 6.20 Å². The molecule has 0 spiro atoms. The molecule has 0 saturated heterocycles. The lowest BCUT2D eigenvalue weighted by Gasteiger charge is -2.27. The van der Waals surface area contributed by atoms with E-state index in [1.54, 1.807) is 0 Å². The first-order chi connectivity index (χ1) is 14.8. The third kappa shape index (κ3) is 3.04. The van der Waals surface area contributed by atoms with E-state index in [1.165, 1.54) is 55.1 Å². The van der Waals surface area contributed by atoms with Crippen LogP contribution in [0.4, 0.5) is 0 Å². The van der Waals surface area contributed by atoms with Crippen molar-refractivity contribution in [3.63, 3.8) is 0 Å². The maximum absolute atomic E-state index is 6.83. The molecule has 5 rings (SSSR count). The molecule has 0 saturated carbocycles. The van der Waals surface area contributed by atoms with Gasteiger partial charge in [0.1, 0.15) is 18.5 Å². The Kier molecular flexibility index (Phi) is 4.58. The van der Waals surface area contributed by atoms with Crippen molar-refractivity contribution in [1.82, 2.24) is 0 Å². The van der Waals surface area contributed by atoms with E-state index in [2.05, 4.69) is 95.8 Å². The van der Waals surface area contributed by atoms with Gasteiger partial charge in [-0.15, -0.1) is 0 Å². The fourth-order valence-electron chi connectivity index (χ4n) is 5.33. The molecule has 0 radical (unpaired) electrons. The van der Waals surface area contributed by atoms with Crippen LogP contribution in [0.5, 0.6) is 11.5 Å². The minimum atomic E-state index is 0.365. The molecule has 0 atom stereocenters. The molecule has 2 heterocycles. The minimum absolute atomic E-state index is 0.365. The highest BCUT2D eigenvalue weighted by molar-refractivity contribution is 6.07. The predicted molar refractivity (Wildman–Crippen MR) is 130 cm³/mol. The van der Waals surface area contributed by atoms with Crippen LogP contribution >= 0.6 is 0 Å². The molecule has 1 aliphatic heterocycles. The molecule has 4 aromatic rings. The van der Waals surface area contributed by atoms with E-state index in [0.29, 0.717) is 11.8 Å². The van der Waals surface area contributed by atoms with Crippen molar-refractivity contribution in [2.45, 2.75) is 53.9 Å². The van der Waals surface area contributed by atoms with Gasteiger partial charge in [-0.3, -0.25) is 0 Å². The fraction of sp³-hybridized carbons (Fsp3) is 0.345. The Morgan fingerprint density at radius 1 is 0.935 bits per heavy atom. The van der Waals surface area contributed by atoms with Crippen molar-refractivity contribution >= 4 is 21.5 Å². The Morgan fingerprint density at radius 3 is 2.42 bits per heavy atom. The second-order valence-electron chi connectivity index (χ2n) is 9.98. The summed E-state index contributed by atoms with van der Waals surface area (Å²) in [6.45, 7) is 13.5. The summed E-state index contributed by atoms with van der Waals surface area (Å²) in [6, 6.07) is 13.7. The number of aromatic nitrogens is 1. The summed E-state index contributed by atoms with van der Waals surface area (Å²) in [7, 11) is 2.16. The Balaban J connectivity index is 1.94. The average molecular weight is 411 g/mol. The van der Waals surface area contributed by atoms with Gasteiger partial charge in [-0.25, -0.2) is 4.57 Å². The van der Waals surface area contributed by atoms with Crippen LogP contribution in [0.3, 0.4) is 0 Å². The van der Waals surface area contributed by atoms with Crippen molar-refractivity contribution < 1.29 is 9.30 Å². The lowest BCUT2D eigenvalue weighted by Crippen LogP contribution is -2.32. The SMILES string of the molecule is Cc1ccc2c(C(C)C)c3c(c(C)c2c1)-c1c2c(cc(CC(C)C)cc2cc[n+]1C)O3. The van der Waals surface area contributed by atoms with Gasteiger partial charge in [0.2, 0.25) is 5.69 Å². The van der Waals surface area contributed by atoms with Crippen LogP contribution in [-0.2, 0) is 13.5 Å². The molecule has 3 aromatic carbocycles. The van der Waals surface area contributed by atoms with E-state index in [1.807, 2.05) is 0 Å². The number of rotatable bonds is 3. The van der Waals surface area contributed by atoms with Gasteiger partial charge in [-0.05, 0) is 65.5 Å². The minimum Gasteiger partial charge on any atom is -0.455 e. The van der Waals surface area contributed by atoms with E-state index in [4.69, 9.17) is 4.74 Å². The fourth-order valence-corrected chi connectivity index (χ4v) is 5.33. The van der Waals surface area contributed by atoms with Crippen LogP contribution in [0.15, 0.2) is 42.6 Å². The first-order valence-electron chi connectivity index (χ1n) is 11.5. The molecule has 1 aromatic heterocycles. The highest BCUT2D eigenvalue weighted by Crippen LogP contribution is 2.52. The number of nitrogens with zero attached hydrogens (tertiary/aromatic N) is 1. The van der Waals surface area contributed by atoms with Crippen molar-refractivity contribution in [2.24, 2.45) is 13.0 Å². The monoisotopic (exact) mass is 410 g/mol. The van der Waals surface area contributed by atoms with Crippen molar-refractivity contribution in [1.29, 1.82) is 0 Å². The van der Waals surface area contributed by atoms with Gasteiger partial charge in [0, 0.05) is 11.6 Å². The largest absolute Gasteiger partial charge is 0.455 e. The molecule has 1 aliphatic rings. The lowest BCUT2D eigenvalue weighted by molar-refractivity contribution is -0.659. The summed E-state index contributed by atoms with van der Waals surface area (Å²) >= 11 is 0. The molecule has 2 nitrogen and oxygen atoms in total. The lowest BCUT2D eigenvalue weighted by atomic mass is 9.84. The van der Waals surface area contributed by atoms with Crippen LogP contribution in [0.1, 0.15) is 55.9 Å². The molecule has 0 bridgehead atoms. The second kappa shape index (κ2) is 7.09. The molecule has 0 aliphatic carbocycles. The smallest absolute Gasteiger partial charge is 0.228 e. The third-order valence-electron chi connectivity index (χ3n) is 6.65. The summed E-state index contributed by atoms with van der Waals surface area (Å²) in [5, 5.41) is 5.15. The maximum atomic E-state index is 6.83. The molecule has 31 heavy (non-hydrogen) atoms. The summed E-state index contributed by atoms with van der Waals surface area (Å²) in [5.74, 6) is 3.02. The number of benzene rings is 3. The number of hydrogen-bond acceptors (Lipinski definition) is 1. The summed E-state index contributed by atoms with van der Waals surface area (Å²) in [4.78, 5) is 0. The second-order valence-corrected chi connectivity index (χ2v) is 9.98. The van der Waals surface area contributed by atoms with Gasteiger partial charge in [0.05, 0.1) is 10.9 Å². The zero-order valence-corrected chi connectivity index (χ0v) is 19.8. The molecule has 2 heteroatoms. The van der Waals surface area contributed by atoms with Crippen LogP contribution in [0.2, 0.25) is 0 Å². The standard InChI is InChI=1S/C29H32NO/c1-16(2)12-20-14-21-10-11-30(7)28-26-19(6)23-13-18(5)8-9-22(23)25(17(3)4)29(26)31-24(15-20)27(21)28/h8-11,13-17H,12H2,1-7H3/q+1. The quantitative estimate of drug-likeness (QED) is 0.280. The van der Waals surface area contributed by atoms with Crippen LogP contribution in [-0.4, -0.2) is 0 Å². The molecular weight excluding hydrogens is 378 g/mol. The number of ether oxygens (including phenoxy) is 1. The van der Waals surface area contributed by atoms with Gasteiger partial charge < -0.3 is 4.74 Å². The zero-order chi connectivity index (χ0) is 22.0. The Hall–Kier alpha value is -2.87. The van der Waals surface area contributed by atoms with Crippen LogP contribution in [0, 0.1) is 19.8 Å². The number of pyridine rings is 1. The Morgan fingerprint density at radius 2 is 1.71 bits per heavy atom. The van der Waals surface area contributed by atoms with Crippen LogP contribution < -0.4 is 9.30 Å². The maximum Gasteiger partial charge on any atom is 0.228 e. The van der Waals surface area contributed by atoms with Crippen molar-refractivity contribution in [3.05, 3.63) is 64.8 Å². The van der Waals surface area contributed by atoms with E-state index in [-0.39, 0.29) is 0 Å². The first-order valence-corrected chi connectivity index (χ1v) is 11.5. The molecule has 0 amide bonds. The van der Waals surface area contributed by atoms with E-state index < -0.39 is 0 Å². The summed E-state index contributed by atoms with van der Waals surface area (Å²) in [5.41, 5.74) is 7.78. The Bertz CT molecular complexity index is 1360. The Labute approximate surface area is 185 Å². The number of fused-ring (bicyclic) bond motifs is 3. The van der Waals surface area contributed by atoms with Crippen molar-refractivity contribution in [3.8, 4) is 22.8 Å². The highest BCUT2D eigenvalue weighted by Gasteiger charge is 2.33. The molecule has 0 fully saturated rings. The highest BCUT2D eigenvalue weighted by atomic mass is 16.5. The number of aryl methyl sites for hydroxylation is 3. The summed E-state index contributed by atoms with van der Waals surface area (Å²) < 4.78 is 9.10. The molecule has 0 unspecified atom stereocenters. The summed E-state index contributed by atoms with van der Waals surface area (Å²) in [6.07, 6.45) is 3.26. The van der Waals surface area contributed by atoms with Gasteiger partial charge in [-0.1, -0.05) is 57.5 Å². The van der Waals surface area contributed by atoms with E-state index in [9.17, 15) is 0 Å². The molecule has 158 valence electrons. The topological polar surface area (TPSA) is 13.1 Å². The molecular formula is C29H32NO+. The average Bonchev–Trinajstić information content (AvgIpc) is 2.69. The third-order valence-corrected chi connectivity index (χ3v) is 6.65. The van der Waals surface area contributed by atoms with E-state index >= 15 is 0 Å².